The monoisotopic (exact) mass is 306 g/mol. The number of nitrogens with one attached hydrogen (secondary N) is 1. The van der Waals surface area contributed by atoms with Gasteiger partial charge in [-0.3, -0.25) is 4.79 Å². The van der Waals surface area contributed by atoms with Crippen LogP contribution in [0.4, 0.5) is 0 Å². The number of rotatable bonds is 3. The number of hydrogen-bond donors (Lipinski definition) is 1. The number of likely N-dealkylation sites (tertiary alicyclic amines) is 1. The van der Waals surface area contributed by atoms with E-state index in [0.29, 0.717) is 5.11 Å². The zero-order chi connectivity index (χ0) is 15.2. The Labute approximate surface area is 131 Å². The summed E-state index contributed by atoms with van der Waals surface area (Å²) in [6.07, 6.45) is 3.51. The first-order chi connectivity index (χ1) is 10.1. The molecule has 0 atom stereocenters. The van der Waals surface area contributed by atoms with Crippen molar-refractivity contribution in [3.8, 4) is 5.75 Å². The highest BCUT2D eigenvalue weighted by atomic mass is 32.1. The maximum absolute atomic E-state index is 11.9. The topological polar surface area (TPSA) is 41.6 Å². The summed E-state index contributed by atoms with van der Waals surface area (Å²) in [6.45, 7) is 5.80. The van der Waals surface area contributed by atoms with Crippen molar-refractivity contribution in [3.63, 3.8) is 0 Å². The molecule has 1 heterocycles. The van der Waals surface area contributed by atoms with Gasteiger partial charge in [0.2, 0.25) is 0 Å². The van der Waals surface area contributed by atoms with E-state index < -0.39 is 0 Å². The molecule has 1 aromatic rings. The van der Waals surface area contributed by atoms with E-state index >= 15 is 0 Å². The number of nitrogens with zero attached hydrogens (tertiary/aromatic N) is 1. The lowest BCUT2D eigenvalue weighted by molar-refractivity contribution is -0.121. The minimum atomic E-state index is -0.202. The van der Waals surface area contributed by atoms with Gasteiger partial charge in [-0.2, -0.15) is 0 Å². The van der Waals surface area contributed by atoms with Crippen LogP contribution in [0.2, 0.25) is 0 Å². The van der Waals surface area contributed by atoms with E-state index in [0.717, 1.165) is 42.8 Å². The number of carbonyl (C=O) groups is 1. The molecule has 1 fully saturated rings. The van der Waals surface area contributed by atoms with E-state index in [4.69, 9.17) is 17.0 Å². The van der Waals surface area contributed by atoms with E-state index in [9.17, 15) is 4.79 Å². The van der Waals surface area contributed by atoms with Crippen molar-refractivity contribution in [2.45, 2.75) is 33.1 Å². The largest absolute Gasteiger partial charge is 0.483 e. The summed E-state index contributed by atoms with van der Waals surface area (Å²) in [5.41, 5.74) is 2.13. The molecule has 0 saturated carbocycles. The van der Waals surface area contributed by atoms with Crippen molar-refractivity contribution in [2.75, 3.05) is 19.7 Å². The molecule has 4 nitrogen and oxygen atoms in total. The third-order valence-corrected chi connectivity index (χ3v) is 3.95. The van der Waals surface area contributed by atoms with Gasteiger partial charge < -0.3 is 15.0 Å². The van der Waals surface area contributed by atoms with E-state index in [1.54, 1.807) is 0 Å². The second-order valence-corrected chi connectivity index (χ2v) is 5.85. The molecule has 0 spiro atoms. The Morgan fingerprint density at radius 3 is 2.71 bits per heavy atom. The Morgan fingerprint density at radius 1 is 1.29 bits per heavy atom. The molecule has 1 aromatic carbocycles. The van der Waals surface area contributed by atoms with Crippen molar-refractivity contribution in [2.24, 2.45) is 0 Å². The van der Waals surface area contributed by atoms with Gasteiger partial charge in [0.05, 0.1) is 0 Å². The van der Waals surface area contributed by atoms with Gasteiger partial charge in [0, 0.05) is 13.1 Å². The number of hydrogen-bond acceptors (Lipinski definition) is 3. The van der Waals surface area contributed by atoms with Gasteiger partial charge in [-0.05, 0) is 62.5 Å². The predicted molar refractivity (Wildman–Crippen MR) is 87.6 cm³/mol. The third-order valence-electron chi connectivity index (χ3n) is 3.59. The lowest BCUT2D eigenvalue weighted by Crippen LogP contribution is -2.46. The fourth-order valence-electron chi connectivity index (χ4n) is 2.34. The average molecular weight is 306 g/mol. The molecular weight excluding hydrogens is 284 g/mol. The molecule has 0 aliphatic carbocycles. The molecule has 5 heteroatoms. The highest BCUT2D eigenvalue weighted by Crippen LogP contribution is 2.18. The lowest BCUT2D eigenvalue weighted by Gasteiger charge is -2.28. The SMILES string of the molecule is Cc1ccc(C)c(OCC(=O)NC(=S)N2CCCCC2)c1. The van der Waals surface area contributed by atoms with Crippen LogP contribution >= 0.6 is 12.2 Å². The average Bonchev–Trinajstić information content (AvgIpc) is 2.49. The maximum Gasteiger partial charge on any atom is 0.264 e. The van der Waals surface area contributed by atoms with Crippen molar-refractivity contribution in [1.82, 2.24) is 10.2 Å². The fourth-order valence-corrected chi connectivity index (χ4v) is 2.63. The molecule has 1 aliphatic heterocycles. The molecule has 114 valence electrons. The minimum Gasteiger partial charge on any atom is -0.483 e. The number of piperidine rings is 1. The Hall–Kier alpha value is -1.62. The molecule has 1 saturated heterocycles. The number of benzene rings is 1. The first-order valence-electron chi connectivity index (χ1n) is 7.35. The van der Waals surface area contributed by atoms with Gasteiger partial charge in [-0.15, -0.1) is 0 Å². The predicted octanol–water partition coefficient (Wildman–Crippen LogP) is 2.57. The van der Waals surface area contributed by atoms with Crippen LogP contribution in [0.1, 0.15) is 30.4 Å². The van der Waals surface area contributed by atoms with Crippen molar-refractivity contribution >= 4 is 23.2 Å². The molecule has 1 aliphatic rings. The minimum absolute atomic E-state index is 0.0156. The number of carbonyl (C=O) groups excluding carboxylic acids is 1. The quantitative estimate of drug-likeness (QED) is 0.872. The highest BCUT2D eigenvalue weighted by Gasteiger charge is 2.15. The second kappa shape index (κ2) is 7.41. The molecule has 2 rings (SSSR count). The zero-order valence-corrected chi connectivity index (χ0v) is 13.5. The van der Waals surface area contributed by atoms with Gasteiger partial charge in [0.15, 0.2) is 11.7 Å². The van der Waals surface area contributed by atoms with Crippen molar-refractivity contribution in [1.29, 1.82) is 0 Å². The maximum atomic E-state index is 11.9. The number of ether oxygens (including phenoxy) is 1. The molecule has 1 amide bonds. The van der Waals surface area contributed by atoms with Gasteiger partial charge in [0.1, 0.15) is 5.75 Å². The molecule has 0 bridgehead atoms. The second-order valence-electron chi connectivity index (χ2n) is 5.46. The summed E-state index contributed by atoms with van der Waals surface area (Å²) in [7, 11) is 0. The van der Waals surface area contributed by atoms with E-state index in [2.05, 4.69) is 10.2 Å². The van der Waals surface area contributed by atoms with Gasteiger partial charge in [-0.1, -0.05) is 12.1 Å². The molecule has 1 N–H and O–H groups in total. The van der Waals surface area contributed by atoms with Crippen molar-refractivity contribution < 1.29 is 9.53 Å². The van der Waals surface area contributed by atoms with E-state index in [-0.39, 0.29) is 12.5 Å². The number of aryl methyl sites for hydroxylation is 2. The van der Waals surface area contributed by atoms with Gasteiger partial charge in [-0.25, -0.2) is 0 Å². The van der Waals surface area contributed by atoms with E-state index in [1.165, 1.54) is 6.42 Å². The molecular formula is C16H22N2O2S. The standard InChI is InChI=1S/C16H22N2O2S/c1-12-6-7-13(2)14(10-12)20-11-15(19)17-16(21)18-8-4-3-5-9-18/h6-7,10H,3-5,8-9,11H2,1-2H3,(H,17,19,21). The number of thiocarbonyl (C=S) groups is 1. The summed E-state index contributed by atoms with van der Waals surface area (Å²) in [4.78, 5) is 14.0. The molecule has 0 unspecified atom stereocenters. The van der Waals surface area contributed by atoms with Crippen LogP contribution in [0, 0.1) is 13.8 Å². The Kier molecular flexibility index (Phi) is 5.56. The first kappa shape index (κ1) is 15.8. The molecule has 0 aromatic heterocycles. The van der Waals surface area contributed by atoms with Crippen LogP contribution in [-0.4, -0.2) is 35.6 Å². The van der Waals surface area contributed by atoms with Crippen molar-refractivity contribution in [3.05, 3.63) is 29.3 Å². The van der Waals surface area contributed by atoms with E-state index in [1.807, 2.05) is 32.0 Å². The van der Waals surface area contributed by atoms with Crippen LogP contribution < -0.4 is 10.1 Å². The first-order valence-corrected chi connectivity index (χ1v) is 7.76. The fraction of sp³-hybridized carbons (Fsp3) is 0.500. The highest BCUT2D eigenvalue weighted by molar-refractivity contribution is 7.80. The smallest absolute Gasteiger partial charge is 0.264 e. The summed E-state index contributed by atoms with van der Waals surface area (Å²) in [6, 6.07) is 5.94. The van der Waals surface area contributed by atoms with Crippen LogP contribution in [0.3, 0.4) is 0 Å². The zero-order valence-electron chi connectivity index (χ0n) is 12.6. The molecule has 21 heavy (non-hydrogen) atoms. The third kappa shape index (κ3) is 4.70. The Morgan fingerprint density at radius 2 is 2.00 bits per heavy atom. The summed E-state index contributed by atoms with van der Waals surface area (Å²) in [5, 5.41) is 3.27. The summed E-state index contributed by atoms with van der Waals surface area (Å²) in [5.74, 6) is 0.542. The normalized spacial score (nSPS) is 14.7. The van der Waals surface area contributed by atoms with Gasteiger partial charge in [0.25, 0.3) is 5.91 Å². The van der Waals surface area contributed by atoms with Gasteiger partial charge >= 0.3 is 0 Å². The Bertz CT molecular complexity index is 525. The number of amides is 1. The van der Waals surface area contributed by atoms with Crippen LogP contribution in [0.15, 0.2) is 18.2 Å². The molecule has 0 radical (unpaired) electrons. The Balaban J connectivity index is 1.81. The lowest BCUT2D eigenvalue weighted by atomic mass is 10.1. The summed E-state index contributed by atoms with van der Waals surface area (Å²) >= 11 is 5.27. The summed E-state index contributed by atoms with van der Waals surface area (Å²) < 4.78 is 5.58. The van der Waals surface area contributed by atoms with Crippen LogP contribution in [0.5, 0.6) is 5.75 Å². The van der Waals surface area contributed by atoms with Crippen LogP contribution in [0.25, 0.3) is 0 Å². The van der Waals surface area contributed by atoms with Crippen LogP contribution in [-0.2, 0) is 4.79 Å².